The summed E-state index contributed by atoms with van der Waals surface area (Å²) in [6, 6.07) is 12.4. The number of fused-ring (bicyclic) bond motifs is 1. The van der Waals surface area contributed by atoms with Crippen LogP contribution in [0.4, 0.5) is 5.69 Å². The fraction of sp³-hybridized carbons (Fsp3) is 0.250. The molecule has 27 heavy (non-hydrogen) atoms. The van der Waals surface area contributed by atoms with Crippen molar-refractivity contribution < 1.29 is 14.3 Å². The number of ether oxygens (including phenoxy) is 2. The van der Waals surface area contributed by atoms with E-state index in [1.165, 1.54) is 10.9 Å². The predicted molar refractivity (Wildman–Crippen MR) is 103 cm³/mol. The van der Waals surface area contributed by atoms with Crippen LogP contribution in [0.15, 0.2) is 53.6 Å². The highest BCUT2D eigenvalue weighted by Gasteiger charge is 2.08. The second-order valence-electron chi connectivity index (χ2n) is 6.01. The Morgan fingerprint density at radius 2 is 1.81 bits per heavy atom. The highest BCUT2D eigenvalue weighted by molar-refractivity contribution is 5.91. The molecular formula is C20H21N3O4. The van der Waals surface area contributed by atoms with Crippen molar-refractivity contribution in [2.24, 2.45) is 0 Å². The molecule has 3 aromatic rings. The first-order valence-electron chi connectivity index (χ1n) is 8.58. The summed E-state index contributed by atoms with van der Waals surface area (Å²) in [5.74, 6) is 1.05. The molecule has 0 fully saturated rings. The number of amides is 1. The van der Waals surface area contributed by atoms with Gasteiger partial charge < -0.3 is 14.8 Å². The van der Waals surface area contributed by atoms with E-state index < -0.39 is 0 Å². The SMILES string of the molecule is COc1cc(NC(=O)CCCn2cnc3ccccc3c2=O)cc(OC)c1. The summed E-state index contributed by atoms with van der Waals surface area (Å²) in [7, 11) is 3.10. The molecule has 1 aromatic heterocycles. The molecule has 0 saturated carbocycles. The van der Waals surface area contributed by atoms with Crippen molar-refractivity contribution in [2.45, 2.75) is 19.4 Å². The number of benzene rings is 2. The van der Waals surface area contributed by atoms with E-state index in [-0.39, 0.29) is 17.9 Å². The van der Waals surface area contributed by atoms with Crippen molar-refractivity contribution in [1.82, 2.24) is 9.55 Å². The summed E-state index contributed by atoms with van der Waals surface area (Å²) in [6.45, 7) is 0.422. The van der Waals surface area contributed by atoms with Crippen molar-refractivity contribution in [3.63, 3.8) is 0 Å². The third-order valence-corrected chi connectivity index (χ3v) is 4.17. The van der Waals surface area contributed by atoms with Crippen LogP contribution in [0.2, 0.25) is 0 Å². The molecule has 0 unspecified atom stereocenters. The number of aromatic nitrogens is 2. The molecule has 1 amide bonds. The normalized spacial score (nSPS) is 10.6. The Bertz CT molecular complexity index is 991. The Kier molecular flexibility index (Phi) is 5.71. The number of methoxy groups -OCH3 is 2. The van der Waals surface area contributed by atoms with Crippen LogP contribution in [0.5, 0.6) is 11.5 Å². The molecule has 0 radical (unpaired) electrons. The fourth-order valence-corrected chi connectivity index (χ4v) is 2.78. The van der Waals surface area contributed by atoms with E-state index in [9.17, 15) is 9.59 Å². The molecule has 0 aliphatic heterocycles. The number of para-hydroxylation sites is 1. The average molecular weight is 367 g/mol. The number of nitrogens with one attached hydrogen (secondary N) is 1. The molecule has 7 heteroatoms. The van der Waals surface area contributed by atoms with Gasteiger partial charge in [0.25, 0.3) is 5.56 Å². The maximum Gasteiger partial charge on any atom is 0.261 e. The minimum atomic E-state index is -0.146. The first-order valence-corrected chi connectivity index (χ1v) is 8.58. The molecule has 140 valence electrons. The van der Waals surface area contributed by atoms with E-state index in [1.54, 1.807) is 44.6 Å². The van der Waals surface area contributed by atoms with Crippen molar-refractivity contribution in [3.8, 4) is 11.5 Å². The highest BCUT2D eigenvalue weighted by atomic mass is 16.5. The van der Waals surface area contributed by atoms with Crippen molar-refractivity contribution in [2.75, 3.05) is 19.5 Å². The summed E-state index contributed by atoms with van der Waals surface area (Å²) < 4.78 is 11.9. The molecule has 1 N–H and O–H groups in total. The molecule has 3 rings (SSSR count). The number of carbonyl (C=O) groups is 1. The molecule has 0 saturated heterocycles. The molecule has 0 aliphatic carbocycles. The van der Waals surface area contributed by atoms with Gasteiger partial charge in [-0.15, -0.1) is 0 Å². The van der Waals surface area contributed by atoms with Gasteiger partial charge in [0, 0.05) is 36.9 Å². The van der Waals surface area contributed by atoms with Crippen LogP contribution in [-0.4, -0.2) is 29.7 Å². The summed E-state index contributed by atoms with van der Waals surface area (Å²) in [6.07, 6.45) is 2.32. The third kappa shape index (κ3) is 4.44. The molecule has 0 aliphatic rings. The molecule has 1 heterocycles. The van der Waals surface area contributed by atoms with Crippen LogP contribution in [0, 0.1) is 0 Å². The van der Waals surface area contributed by atoms with Crippen LogP contribution in [0.1, 0.15) is 12.8 Å². The lowest BCUT2D eigenvalue weighted by Crippen LogP contribution is -2.21. The zero-order chi connectivity index (χ0) is 19.2. The second kappa shape index (κ2) is 8.35. The van der Waals surface area contributed by atoms with Crippen molar-refractivity contribution in [3.05, 3.63) is 59.1 Å². The maximum atomic E-state index is 12.4. The van der Waals surface area contributed by atoms with Gasteiger partial charge in [-0.05, 0) is 18.6 Å². The van der Waals surface area contributed by atoms with E-state index in [2.05, 4.69) is 10.3 Å². The van der Waals surface area contributed by atoms with Gasteiger partial charge in [0.1, 0.15) is 11.5 Å². The van der Waals surface area contributed by atoms with E-state index >= 15 is 0 Å². The van der Waals surface area contributed by atoms with Gasteiger partial charge in [0.2, 0.25) is 5.91 Å². The van der Waals surface area contributed by atoms with Crippen LogP contribution in [0.25, 0.3) is 10.9 Å². The number of hydrogen-bond donors (Lipinski definition) is 1. The summed E-state index contributed by atoms with van der Waals surface area (Å²) >= 11 is 0. The summed E-state index contributed by atoms with van der Waals surface area (Å²) in [5.41, 5.74) is 1.17. The summed E-state index contributed by atoms with van der Waals surface area (Å²) in [4.78, 5) is 28.9. The number of rotatable bonds is 7. The Labute approximate surface area is 156 Å². The minimum absolute atomic E-state index is 0.0986. The Morgan fingerprint density at radius 1 is 1.11 bits per heavy atom. The topological polar surface area (TPSA) is 82.5 Å². The van der Waals surface area contributed by atoms with Crippen LogP contribution in [0.3, 0.4) is 0 Å². The lowest BCUT2D eigenvalue weighted by molar-refractivity contribution is -0.116. The van der Waals surface area contributed by atoms with Gasteiger partial charge in [-0.25, -0.2) is 4.98 Å². The van der Waals surface area contributed by atoms with Gasteiger partial charge in [-0.2, -0.15) is 0 Å². The molecular weight excluding hydrogens is 346 g/mol. The second-order valence-corrected chi connectivity index (χ2v) is 6.01. The lowest BCUT2D eigenvalue weighted by Gasteiger charge is -2.10. The molecule has 7 nitrogen and oxygen atoms in total. The number of hydrogen-bond acceptors (Lipinski definition) is 5. The molecule has 0 atom stereocenters. The van der Waals surface area contributed by atoms with Gasteiger partial charge in [0.05, 0.1) is 31.4 Å². The quantitative estimate of drug-likeness (QED) is 0.694. The molecule has 2 aromatic carbocycles. The lowest BCUT2D eigenvalue weighted by atomic mass is 10.2. The zero-order valence-electron chi connectivity index (χ0n) is 15.3. The van der Waals surface area contributed by atoms with E-state index in [4.69, 9.17) is 9.47 Å². The van der Waals surface area contributed by atoms with Crippen molar-refractivity contribution in [1.29, 1.82) is 0 Å². The Hall–Kier alpha value is -3.35. The van der Waals surface area contributed by atoms with Crippen LogP contribution in [-0.2, 0) is 11.3 Å². The van der Waals surface area contributed by atoms with E-state index in [0.717, 1.165) is 0 Å². The molecule has 0 spiro atoms. The van der Waals surface area contributed by atoms with Gasteiger partial charge in [-0.1, -0.05) is 12.1 Å². The monoisotopic (exact) mass is 367 g/mol. The fourth-order valence-electron chi connectivity index (χ4n) is 2.78. The number of carbonyl (C=O) groups excluding carboxylic acids is 1. The van der Waals surface area contributed by atoms with Gasteiger partial charge in [0.15, 0.2) is 0 Å². The largest absolute Gasteiger partial charge is 0.497 e. The van der Waals surface area contributed by atoms with E-state index in [0.29, 0.717) is 41.1 Å². The predicted octanol–water partition coefficient (Wildman–Crippen LogP) is 2.83. The smallest absolute Gasteiger partial charge is 0.261 e. The van der Waals surface area contributed by atoms with Crippen LogP contribution < -0.4 is 20.3 Å². The first kappa shape index (κ1) is 18.4. The minimum Gasteiger partial charge on any atom is -0.497 e. The number of aryl methyl sites for hydroxylation is 1. The number of anilines is 1. The Morgan fingerprint density at radius 3 is 2.52 bits per heavy atom. The van der Waals surface area contributed by atoms with Gasteiger partial charge in [-0.3, -0.25) is 14.2 Å². The van der Waals surface area contributed by atoms with E-state index in [1.807, 2.05) is 12.1 Å². The maximum absolute atomic E-state index is 12.4. The first-order chi connectivity index (χ1) is 13.1. The highest BCUT2D eigenvalue weighted by Crippen LogP contribution is 2.25. The zero-order valence-corrected chi connectivity index (χ0v) is 15.3. The molecule has 0 bridgehead atoms. The Balaban J connectivity index is 1.60. The standard InChI is InChI=1S/C20H21N3O4/c1-26-15-10-14(11-16(12-15)27-2)22-19(24)8-5-9-23-13-21-18-7-4-3-6-17(18)20(23)25/h3-4,6-7,10-13H,5,8-9H2,1-2H3,(H,22,24). The van der Waals surface area contributed by atoms with Crippen LogP contribution >= 0.6 is 0 Å². The van der Waals surface area contributed by atoms with Crippen molar-refractivity contribution >= 4 is 22.5 Å². The van der Waals surface area contributed by atoms with Gasteiger partial charge >= 0.3 is 0 Å². The third-order valence-electron chi connectivity index (χ3n) is 4.17. The average Bonchev–Trinajstić information content (AvgIpc) is 2.69. The summed E-state index contributed by atoms with van der Waals surface area (Å²) in [5, 5.41) is 3.40. The number of nitrogens with zero attached hydrogens (tertiary/aromatic N) is 2.